The van der Waals surface area contributed by atoms with Gasteiger partial charge in [-0.25, -0.2) is 0 Å². The molecule has 0 atom stereocenters. The fourth-order valence-electron chi connectivity index (χ4n) is 3.97. The summed E-state index contributed by atoms with van der Waals surface area (Å²) in [6.45, 7) is 1.63. The van der Waals surface area contributed by atoms with Gasteiger partial charge in [0.2, 0.25) is 0 Å². The normalized spacial score (nSPS) is 19.3. The molecular formula is C23H19ClN2O3. The van der Waals surface area contributed by atoms with Crippen LogP contribution in [0.25, 0.3) is 17.4 Å². The van der Waals surface area contributed by atoms with Gasteiger partial charge in [-0.2, -0.15) is 5.26 Å². The summed E-state index contributed by atoms with van der Waals surface area (Å²) >= 11 is 6.23. The van der Waals surface area contributed by atoms with Crippen LogP contribution in [-0.2, 0) is 9.59 Å². The lowest BCUT2D eigenvalue weighted by Crippen LogP contribution is -2.47. The zero-order chi connectivity index (χ0) is 20.5. The van der Waals surface area contributed by atoms with Gasteiger partial charge in [0.25, 0.3) is 11.8 Å². The van der Waals surface area contributed by atoms with Gasteiger partial charge in [-0.05, 0) is 55.7 Å². The molecular weight excluding hydrogens is 388 g/mol. The Hall–Kier alpha value is -3.10. The van der Waals surface area contributed by atoms with Crippen LogP contribution in [0.2, 0.25) is 5.02 Å². The smallest absolute Gasteiger partial charge is 0.271 e. The molecule has 2 heterocycles. The van der Waals surface area contributed by atoms with Gasteiger partial charge in [-0.3, -0.25) is 14.5 Å². The van der Waals surface area contributed by atoms with E-state index >= 15 is 0 Å². The molecule has 0 radical (unpaired) electrons. The van der Waals surface area contributed by atoms with Crippen LogP contribution in [0.1, 0.15) is 38.4 Å². The first-order chi connectivity index (χ1) is 14.0. The van der Waals surface area contributed by atoms with Gasteiger partial charge in [0.05, 0.1) is 5.02 Å². The highest BCUT2D eigenvalue weighted by Gasteiger charge is 2.40. The van der Waals surface area contributed by atoms with Crippen molar-refractivity contribution in [3.05, 3.63) is 63.9 Å². The quantitative estimate of drug-likeness (QED) is 0.522. The number of halogens is 1. The van der Waals surface area contributed by atoms with Gasteiger partial charge < -0.3 is 4.42 Å². The van der Waals surface area contributed by atoms with Crippen LogP contribution in [0.3, 0.4) is 0 Å². The number of amides is 2. The van der Waals surface area contributed by atoms with Crippen molar-refractivity contribution in [2.75, 3.05) is 0 Å². The molecule has 2 aromatic rings. The first-order valence-corrected chi connectivity index (χ1v) is 9.94. The van der Waals surface area contributed by atoms with E-state index in [9.17, 15) is 14.9 Å². The van der Waals surface area contributed by atoms with Crippen molar-refractivity contribution < 1.29 is 14.0 Å². The number of hydrogen-bond acceptors (Lipinski definition) is 4. The summed E-state index contributed by atoms with van der Waals surface area (Å²) in [7, 11) is 0. The maximum Gasteiger partial charge on any atom is 0.271 e. The van der Waals surface area contributed by atoms with Crippen LogP contribution >= 0.6 is 11.6 Å². The van der Waals surface area contributed by atoms with Crippen molar-refractivity contribution in [3.8, 4) is 17.4 Å². The Balaban J connectivity index is 1.75. The van der Waals surface area contributed by atoms with Gasteiger partial charge in [0, 0.05) is 17.2 Å². The second-order valence-corrected chi connectivity index (χ2v) is 7.68. The Labute approximate surface area is 173 Å². The van der Waals surface area contributed by atoms with E-state index in [4.69, 9.17) is 16.0 Å². The number of nitrogens with zero attached hydrogens (tertiary/aromatic N) is 2. The molecule has 1 saturated carbocycles. The first kappa shape index (κ1) is 19.2. The Morgan fingerprint density at radius 3 is 2.55 bits per heavy atom. The minimum absolute atomic E-state index is 0.0145. The Morgan fingerprint density at radius 2 is 1.86 bits per heavy atom. The zero-order valence-electron chi connectivity index (χ0n) is 15.9. The lowest BCUT2D eigenvalue weighted by atomic mass is 9.93. The van der Waals surface area contributed by atoms with Crippen molar-refractivity contribution in [3.63, 3.8) is 0 Å². The number of furan rings is 1. The molecule has 2 aliphatic rings. The van der Waals surface area contributed by atoms with Crippen LogP contribution in [0.15, 0.2) is 57.5 Å². The molecule has 0 spiro atoms. The summed E-state index contributed by atoms with van der Waals surface area (Å²) in [6, 6.07) is 12.7. The summed E-state index contributed by atoms with van der Waals surface area (Å²) in [6.07, 6.45) is 5.11. The molecule has 1 aromatic carbocycles. The molecule has 2 amide bonds. The Kier molecular flexibility index (Phi) is 5.12. The maximum atomic E-state index is 13.2. The summed E-state index contributed by atoms with van der Waals surface area (Å²) < 4.78 is 5.88. The third-order valence-corrected chi connectivity index (χ3v) is 5.84. The standard InChI is InChI=1S/C23H19ClN2O3/c1-14-18(12-16-10-11-21(29-16)17-8-4-5-9-20(17)24)22(27)26(15-6-2-3-7-15)23(28)19(14)13-25/h4-5,8-12,15H,2-3,6-7H2,1H3/b18-12+. The molecule has 1 aliphatic heterocycles. The van der Waals surface area contributed by atoms with Crippen molar-refractivity contribution in [1.82, 2.24) is 4.90 Å². The average Bonchev–Trinajstić information content (AvgIpc) is 3.38. The summed E-state index contributed by atoms with van der Waals surface area (Å²) in [5.74, 6) is 0.182. The van der Waals surface area contributed by atoms with Crippen molar-refractivity contribution in [1.29, 1.82) is 5.26 Å². The largest absolute Gasteiger partial charge is 0.457 e. The molecule has 6 heteroatoms. The molecule has 4 rings (SSSR count). The molecule has 1 aliphatic carbocycles. The number of benzene rings is 1. The Morgan fingerprint density at radius 1 is 1.14 bits per heavy atom. The second kappa shape index (κ2) is 7.73. The third kappa shape index (κ3) is 3.41. The predicted molar refractivity (Wildman–Crippen MR) is 110 cm³/mol. The monoisotopic (exact) mass is 406 g/mol. The molecule has 146 valence electrons. The summed E-state index contributed by atoms with van der Waals surface area (Å²) in [5.41, 5.74) is 1.46. The lowest BCUT2D eigenvalue weighted by Gasteiger charge is -2.31. The SMILES string of the molecule is CC1=C(C#N)C(=O)N(C2CCCC2)C(=O)/C1=C/c1ccc(-c2ccccc2Cl)o1. The van der Waals surface area contributed by atoms with Crippen LogP contribution in [0.4, 0.5) is 0 Å². The second-order valence-electron chi connectivity index (χ2n) is 7.27. The van der Waals surface area contributed by atoms with Gasteiger partial charge in [-0.1, -0.05) is 36.6 Å². The van der Waals surface area contributed by atoms with Crippen LogP contribution in [0, 0.1) is 11.3 Å². The fourth-order valence-corrected chi connectivity index (χ4v) is 4.20. The molecule has 1 aromatic heterocycles. The van der Waals surface area contributed by atoms with E-state index in [-0.39, 0.29) is 17.5 Å². The van der Waals surface area contributed by atoms with E-state index in [2.05, 4.69) is 0 Å². The number of imide groups is 1. The third-order valence-electron chi connectivity index (χ3n) is 5.52. The molecule has 5 nitrogen and oxygen atoms in total. The van der Waals surface area contributed by atoms with E-state index in [1.54, 1.807) is 31.2 Å². The summed E-state index contributed by atoms with van der Waals surface area (Å²) in [4.78, 5) is 27.2. The van der Waals surface area contributed by atoms with E-state index in [0.29, 0.717) is 27.7 Å². The highest BCUT2D eigenvalue weighted by molar-refractivity contribution is 6.33. The van der Waals surface area contributed by atoms with Crippen LogP contribution < -0.4 is 0 Å². The van der Waals surface area contributed by atoms with Crippen molar-refractivity contribution in [2.24, 2.45) is 0 Å². The predicted octanol–water partition coefficient (Wildman–Crippen LogP) is 5.13. The number of nitriles is 1. The molecule has 0 saturated heterocycles. The lowest BCUT2D eigenvalue weighted by molar-refractivity contribution is -0.143. The number of carbonyl (C=O) groups is 2. The molecule has 0 bridgehead atoms. The Bertz CT molecular complexity index is 1100. The fraction of sp³-hybridized carbons (Fsp3) is 0.261. The van der Waals surface area contributed by atoms with E-state index in [1.165, 1.54) is 4.90 Å². The minimum Gasteiger partial charge on any atom is -0.457 e. The molecule has 0 unspecified atom stereocenters. The number of carbonyl (C=O) groups excluding carboxylic acids is 2. The van der Waals surface area contributed by atoms with E-state index < -0.39 is 5.91 Å². The topological polar surface area (TPSA) is 74.3 Å². The van der Waals surface area contributed by atoms with Gasteiger partial charge in [-0.15, -0.1) is 0 Å². The van der Waals surface area contributed by atoms with Crippen molar-refractivity contribution >= 4 is 29.5 Å². The highest BCUT2D eigenvalue weighted by atomic mass is 35.5. The highest BCUT2D eigenvalue weighted by Crippen LogP contribution is 2.34. The zero-order valence-corrected chi connectivity index (χ0v) is 16.7. The van der Waals surface area contributed by atoms with E-state index in [1.807, 2.05) is 24.3 Å². The first-order valence-electron chi connectivity index (χ1n) is 9.57. The van der Waals surface area contributed by atoms with Crippen molar-refractivity contribution in [2.45, 2.75) is 38.6 Å². The van der Waals surface area contributed by atoms with E-state index in [0.717, 1.165) is 31.2 Å². The molecule has 1 fully saturated rings. The summed E-state index contributed by atoms with van der Waals surface area (Å²) in [5, 5.41) is 10.1. The van der Waals surface area contributed by atoms with Crippen LogP contribution in [0.5, 0.6) is 0 Å². The minimum atomic E-state index is -0.491. The van der Waals surface area contributed by atoms with Gasteiger partial charge >= 0.3 is 0 Å². The molecule has 0 N–H and O–H groups in total. The van der Waals surface area contributed by atoms with Gasteiger partial charge in [0.15, 0.2) is 0 Å². The van der Waals surface area contributed by atoms with Crippen LogP contribution in [-0.4, -0.2) is 22.8 Å². The average molecular weight is 407 g/mol. The number of rotatable bonds is 3. The van der Waals surface area contributed by atoms with Gasteiger partial charge in [0.1, 0.15) is 23.2 Å². The molecule has 29 heavy (non-hydrogen) atoms. The maximum absolute atomic E-state index is 13.2. The number of hydrogen-bond donors (Lipinski definition) is 0.